The number of hydrogen-bond donors (Lipinski definition) is 1. The maximum atomic E-state index is 14.7. The highest BCUT2D eigenvalue weighted by atomic mass is 19.4. The van der Waals surface area contributed by atoms with Crippen LogP contribution in [-0.2, 0) is 0 Å². The molecule has 2 aromatic carbocycles. The Morgan fingerprint density at radius 3 is 2.28 bits per heavy atom. The largest absolute Gasteiger partial charge is 0.482 e. The Balaban J connectivity index is 1.36. The molecule has 0 spiro atoms. The van der Waals surface area contributed by atoms with Crippen LogP contribution >= 0.6 is 0 Å². The molecule has 8 heteroatoms. The Morgan fingerprint density at radius 2 is 1.58 bits per heavy atom. The van der Waals surface area contributed by atoms with Crippen LogP contribution in [-0.4, -0.2) is 61.6 Å². The number of ether oxygens (including phenoxy) is 1. The minimum absolute atomic E-state index is 0.202. The molecule has 0 bridgehead atoms. The zero-order chi connectivity index (χ0) is 25.5. The van der Waals surface area contributed by atoms with Gasteiger partial charge in [-0.05, 0) is 55.5 Å². The van der Waals surface area contributed by atoms with Gasteiger partial charge in [0.25, 0.3) is 0 Å². The smallest absolute Gasteiger partial charge is 0.422 e. The van der Waals surface area contributed by atoms with Gasteiger partial charge in [-0.25, -0.2) is 4.39 Å². The van der Waals surface area contributed by atoms with Crippen LogP contribution in [0.15, 0.2) is 48.5 Å². The van der Waals surface area contributed by atoms with Gasteiger partial charge in [-0.2, -0.15) is 13.2 Å². The molecule has 2 aromatic rings. The third-order valence-corrected chi connectivity index (χ3v) is 7.58. The van der Waals surface area contributed by atoms with Crippen LogP contribution in [0.25, 0.3) is 0 Å². The number of hydrogen-bond acceptors (Lipinski definition) is 4. The molecule has 0 amide bonds. The molecule has 2 atom stereocenters. The molecule has 198 valence electrons. The van der Waals surface area contributed by atoms with Crippen LogP contribution in [0.1, 0.15) is 50.0 Å². The molecular formula is C28H36F4N2O2. The molecule has 2 fully saturated rings. The predicted molar refractivity (Wildman–Crippen MR) is 133 cm³/mol. The fraction of sp³-hybridized carbons (Fsp3) is 0.571. The number of nitrogens with zero attached hydrogens (tertiary/aromatic N) is 2. The fourth-order valence-electron chi connectivity index (χ4n) is 5.62. The SMILES string of the molecule is O[C@@H](C1CCCCC1)[C@@H](CCN1CCN(c2ccccc2OCC(F)(F)F)CC1)c1ccccc1F. The van der Waals surface area contributed by atoms with Crippen molar-refractivity contribution in [3.63, 3.8) is 0 Å². The first-order valence-electron chi connectivity index (χ1n) is 13.0. The fourth-order valence-corrected chi connectivity index (χ4v) is 5.62. The molecule has 1 saturated heterocycles. The van der Waals surface area contributed by atoms with Crippen LogP contribution < -0.4 is 9.64 Å². The number of aliphatic hydroxyl groups is 1. The number of rotatable bonds is 9. The van der Waals surface area contributed by atoms with Crippen molar-refractivity contribution < 1.29 is 27.4 Å². The van der Waals surface area contributed by atoms with E-state index in [1.165, 1.54) is 12.5 Å². The summed E-state index contributed by atoms with van der Waals surface area (Å²) in [4.78, 5) is 4.34. The molecule has 0 aromatic heterocycles. The minimum atomic E-state index is -4.39. The normalized spacial score (nSPS) is 19.8. The first-order chi connectivity index (χ1) is 17.3. The molecule has 1 N–H and O–H groups in total. The van der Waals surface area contributed by atoms with Crippen molar-refractivity contribution in [1.29, 1.82) is 0 Å². The molecule has 1 heterocycles. The molecule has 1 aliphatic carbocycles. The van der Waals surface area contributed by atoms with Crippen molar-refractivity contribution in [3.05, 3.63) is 59.9 Å². The molecular weight excluding hydrogens is 472 g/mol. The second-order valence-corrected chi connectivity index (χ2v) is 10.0. The summed E-state index contributed by atoms with van der Waals surface area (Å²) in [6.45, 7) is 2.19. The van der Waals surface area contributed by atoms with Crippen LogP contribution in [0, 0.1) is 11.7 Å². The molecule has 2 aliphatic rings. The Bertz CT molecular complexity index is 957. The second kappa shape index (κ2) is 12.3. The summed E-state index contributed by atoms with van der Waals surface area (Å²) in [5.41, 5.74) is 1.25. The first kappa shape index (κ1) is 26.7. The van der Waals surface area contributed by atoms with Gasteiger partial charge in [-0.15, -0.1) is 0 Å². The summed E-state index contributed by atoms with van der Waals surface area (Å²) >= 11 is 0. The van der Waals surface area contributed by atoms with Gasteiger partial charge >= 0.3 is 6.18 Å². The highest BCUT2D eigenvalue weighted by Gasteiger charge is 2.32. The Hall–Kier alpha value is -2.32. The maximum absolute atomic E-state index is 14.7. The van der Waals surface area contributed by atoms with E-state index in [0.29, 0.717) is 30.8 Å². The second-order valence-electron chi connectivity index (χ2n) is 10.0. The number of alkyl halides is 3. The Morgan fingerprint density at radius 1 is 0.917 bits per heavy atom. The number of aliphatic hydroxyl groups excluding tert-OH is 1. The molecule has 1 saturated carbocycles. The zero-order valence-electron chi connectivity index (χ0n) is 20.6. The van der Waals surface area contributed by atoms with E-state index >= 15 is 0 Å². The van der Waals surface area contributed by atoms with Gasteiger partial charge in [0.05, 0.1) is 11.8 Å². The summed E-state index contributed by atoms with van der Waals surface area (Å²) in [6, 6.07) is 13.6. The Kier molecular flexibility index (Phi) is 9.12. The third-order valence-electron chi connectivity index (χ3n) is 7.58. The summed E-state index contributed by atoms with van der Waals surface area (Å²) in [5.74, 6) is -0.0895. The lowest BCUT2D eigenvalue weighted by molar-refractivity contribution is -0.153. The van der Waals surface area contributed by atoms with Crippen molar-refractivity contribution in [2.45, 2.75) is 56.7 Å². The quantitative estimate of drug-likeness (QED) is 0.421. The summed E-state index contributed by atoms with van der Waals surface area (Å²) in [7, 11) is 0. The van der Waals surface area contributed by atoms with E-state index in [1.807, 2.05) is 11.0 Å². The van der Waals surface area contributed by atoms with Crippen LogP contribution in [0.5, 0.6) is 5.75 Å². The van der Waals surface area contributed by atoms with Crippen LogP contribution in [0.3, 0.4) is 0 Å². The molecule has 4 nitrogen and oxygen atoms in total. The number of anilines is 1. The highest BCUT2D eigenvalue weighted by Crippen LogP contribution is 2.37. The lowest BCUT2D eigenvalue weighted by Gasteiger charge is -2.38. The van der Waals surface area contributed by atoms with Crippen molar-refractivity contribution >= 4 is 5.69 Å². The average molecular weight is 509 g/mol. The highest BCUT2D eigenvalue weighted by molar-refractivity contribution is 5.58. The predicted octanol–water partition coefficient (Wildman–Crippen LogP) is 6.00. The van der Waals surface area contributed by atoms with Gasteiger partial charge in [0.2, 0.25) is 0 Å². The number of para-hydroxylation sites is 2. The van der Waals surface area contributed by atoms with Gasteiger partial charge < -0.3 is 14.7 Å². The molecule has 0 radical (unpaired) electrons. The number of benzene rings is 2. The van der Waals surface area contributed by atoms with Crippen LogP contribution in [0.4, 0.5) is 23.2 Å². The van der Waals surface area contributed by atoms with Gasteiger partial charge in [0.15, 0.2) is 6.61 Å². The lowest BCUT2D eigenvalue weighted by atomic mass is 9.77. The standard InChI is InChI=1S/C28H36F4N2O2/c29-24-11-5-4-10-22(24)23(27(35)21-8-2-1-3-9-21)14-15-33-16-18-34(19-17-33)25-12-6-7-13-26(25)36-20-28(30,31)32/h4-7,10-13,21,23,27,35H,1-3,8-9,14-20H2/t23-,27-/m0/s1. The molecule has 1 aliphatic heterocycles. The molecule has 36 heavy (non-hydrogen) atoms. The van der Waals surface area contributed by atoms with Crippen molar-refractivity contribution in [3.8, 4) is 5.75 Å². The van der Waals surface area contributed by atoms with Crippen molar-refractivity contribution in [2.75, 3.05) is 44.2 Å². The van der Waals surface area contributed by atoms with E-state index in [0.717, 1.165) is 45.3 Å². The monoisotopic (exact) mass is 508 g/mol. The first-order valence-corrected chi connectivity index (χ1v) is 13.0. The van der Waals surface area contributed by atoms with E-state index in [9.17, 15) is 22.7 Å². The van der Waals surface area contributed by atoms with E-state index < -0.39 is 18.9 Å². The van der Waals surface area contributed by atoms with Crippen molar-refractivity contribution in [1.82, 2.24) is 4.90 Å². The van der Waals surface area contributed by atoms with Gasteiger partial charge in [0, 0.05) is 32.1 Å². The maximum Gasteiger partial charge on any atom is 0.422 e. The van der Waals surface area contributed by atoms with Gasteiger partial charge in [-0.3, -0.25) is 4.90 Å². The summed E-state index contributed by atoms with van der Waals surface area (Å²) in [6.07, 6.45) is 1.10. The van der Waals surface area contributed by atoms with E-state index in [4.69, 9.17) is 4.74 Å². The van der Waals surface area contributed by atoms with E-state index in [-0.39, 0.29) is 23.4 Å². The van der Waals surface area contributed by atoms with E-state index in [2.05, 4.69) is 4.90 Å². The van der Waals surface area contributed by atoms with Gasteiger partial charge in [-0.1, -0.05) is 49.6 Å². The number of halogens is 4. The van der Waals surface area contributed by atoms with Crippen LogP contribution in [0.2, 0.25) is 0 Å². The van der Waals surface area contributed by atoms with Gasteiger partial charge in [0.1, 0.15) is 11.6 Å². The average Bonchev–Trinajstić information content (AvgIpc) is 2.89. The summed E-state index contributed by atoms with van der Waals surface area (Å²) < 4.78 is 57.8. The molecule has 4 rings (SSSR count). The van der Waals surface area contributed by atoms with E-state index in [1.54, 1.807) is 36.4 Å². The van der Waals surface area contributed by atoms with Crippen molar-refractivity contribution in [2.24, 2.45) is 5.92 Å². The minimum Gasteiger partial charge on any atom is -0.482 e. The lowest BCUT2D eigenvalue weighted by Crippen LogP contribution is -2.47. The zero-order valence-corrected chi connectivity index (χ0v) is 20.6. The Labute approximate surface area is 210 Å². The summed E-state index contributed by atoms with van der Waals surface area (Å²) in [5, 5.41) is 11.3. The molecule has 0 unspecified atom stereocenters. The third kappa shape index (κ3) is 7.13. The topological polar surface area (TPSA) is 35.9 Å². The number of piperazine rings is 1.